The van der Waals surface area contributed by atoms with Gasteiger partial charge in [-0.2, -0.15) is 5.06 Å². The van der Waals surface area contributed by atoms with Crippen LogP contribution in [-0.4, -0.2) is 108 Å². The van der Waals surface area contributed by atoms with Gasteiger partial charge < -0.3 is 19.7 Å². The minimum atomic E-state index is -4.12. The van der Waals surface area contributed by atoms with E-state index < -0.39 is 55.5 Å². The van der Waals surface area contributed by atoms with Crippen LogP contribution in [0.4, 0.5) is 0 Å². The average molecular weight is 721 g/mol. The Labute approximate surface area is 290 Å². The summed E-state index contributed by atoms with van der Waals surface area (Å²) >= 11 is 1.23. The summed E-state index contributed by atoms with van der Waals surface area (Å²) in [6, 6.07) is 5.41. The number of thiazole rings is 1. The highest BCUT2D eigenvalue weighted by atomic mass is 32.1. The van der Waals surface area contributed by atoms with Gasteiger partial charge >= 0.3 is 11.9 Å². The van der Waals surface area contributed by atoms with E-state index in [2.05, 4.69) is 20.5 Å². The Balaban J connectivity index is 1.97. The maximum absolute atomic E-state index is 14.6. The molecule has 49 heavy (non-hydrogen) atoms. The number of hydrogen-bond donors (Lipinski definition) is 3. The summed E-state index contributed by atoms with van der Waals surface area (Å²) < 4.78 is 24.8. The number of amides is 2. The van der Waals surface area contributed by atoms with Crippen molar-refractivity contribution < 1.29 is 42.8 Å². The predicted molar refractivity (Wildman–Crippen MR) is 183 cm³/mol. The zero-order valence-corrected chi connectivity index (χ0v) is 30.1. The monoisotopic (exact) mass is 720 g/mol. The number of nitrogens with one attached hydrogen (secondary N) is 3. The number of nitrogens with zero attached hydrogens (tertiary/aromatic N) is 3. The summed E-state index contributed by atoms with van der Waals surface area (Å²) in [6.07, 6.45) is 1.10. The number of hydrogen-bond acceptors (Lipinski definition) is 12. The molecule has 15 nitrogen and oxygen atoms in total. The van der Waals surface area contributed by atoms with E-state index in [1.165, 1.54) is 35.5 Å². The Hall–Kier alpha value is -3.75. The molecule has 1 aromatic carbocycles. The van der Waals surface area contributed by atoms with Crippen LogP contribution in [0.1, 0.15) is 57.9 Å². The lowest BCUT2D eigenvalue weighted by molar-refractivity contribution is -0.171. The van der Waals surface area contributed by atoms with Crippen LogP contribution in [0, 0.1) is 0 Å². The quantitative estimate of drug-likeness (QED) is 0.0885. The molecule has 2 aromatic rings. The highest BCUT2D eigenvalue weighted by Gasteiger charge is 2.40. The van der Waals surface area contributed by atoms with Gasteiger partial charge in [0.05, 0.1) is 32.5 Å². The molecule has 2 heterocycles. The number of aromatic nitrogens is 1. The molecule has 1 saturated heterocycles. The molecule has 0 radical (unpaired) electrons. The number of unbranched alkanes of at least 4 members (excludes halogenated alkanes) is 1. The topological polar surface area (TPSA) is 186 Å². The van der Waals surface area contributed by atoms with Gasteiger partial charge in [-0.25, -0.2) is 20.0 Å². The molecule has 0 aliphatic carbocycles. The Morgan fingerprint density at radius 2 is 1.63 bits per heavy atom. The molecule has 3 atom stereocenters. The zero-order valence-electron chi connectivity index (χ0n) is 28.4. The van der Waals surface area contributed by atoms with E-state index in [-0.39, 0.29) is 44.2 Å². The standard InChI is InChI=1S/C32H45N6O9PS/c1-6-9-17-47-37-15-16-38(25(18-37)19-39)30(41)26(33-28(40)27-21-49-29(34-27)24-13-11-10-12-14-24)20-48(44,35-22(4)31(42)45-7-2)36-23(5)32(43)46-8-3/h10-14,21-23,26H,6-9,15-18,20H2,1-5H3,(H,33,40)(H2,35,36,44)/t22-,23-,26-/m0/s1. The van der Waals surface area contributed by atoms with Crippen LogP contribution in [0.25, 0.3) is 10.6 Å². The van der Waals surface area contributed by atoms with E-state index in [9.17, 15) is 28.5 Å². The summed E-state index contributed by atoms with van der Waals surface area (Å²) in [7, 11) is -4.12. The number of piperazine rings is 1. The fourth-order valence-electron chi connectivity index (χ4n) is 4.82. The minimum absolute atomic E-state index is 0.0116. The van der Waals surface area contributed by atoms with Crippen molar-refractivity contribution in [3.63, 3.8) is 0 Å². The number of hydroxylamine groups is 2. The molecule has 1 fully saturated rings. The summed E-state index contributed by atoms with van der Waals surface area (Å²) in [5, 5.41) is 11.7. The van der Waals surface area contributed by atoms with Gasteiger partial charge in [0.1, 0.15) is 40.5 Å². The lowest BCUT2D eigenvalue weighted by Gasteiger charge is -2.37. The smallest absolute Gasteiger partial charge is 0.323 e. The van der Waals surface area contributed by atoms with E-state index in [0.717, 1.165) is 18.4 Å². The second kappa shape index (κ2) is 19.4. The van der Waals surface area contributed by atoms with Gasteiger partial charge in [-0.1, -0.05) is 43.7 Å². The highest BCUT2D eigenvalue weighted by molar-refractivity contribution is 7.60. The number of carbonyl (C=O) groups excluding carboxylic acids is 5. The third-order valence-corrected chi connectivity index (χ3v) is 10.6. The highest BCUT2D eigenvalue weighted by Crippen LogP contribution is 2.39. The Kier molecular flexibility index (Phi) is 15.7. The molecule has 0 bridgehead atoms. The third-order valence-electron chi connectivity index (χ3n) is 7.27. The first kappa shape index (κ1) is 39.7. The second-order valence-corrected chi connectivity index (χ2v) is 14.4. The van der Waals surface area contributed by atoms with Crippen molar-refractivity contribution in [2.75, 3.05) is 45.6 Å². The third kappa shape index (κ3) is 11.7. The van der Waals surface area contributed by atoms with Gasteiger partial charge in [0.15, 0.2) is 0 Å². The van der Waals surface area contributed by atoms with Gasteiger partial charge in [0.2, 0.25) is 7.44 Å². The number of esters is 2. The molecular weight excluding hydrogens is 675 g/mol. The lowest BCUT2D eigenvalue weighted by Crippen LogP contribution is -2.56. The first-order valence-electron chi connectivity index (χ1n) is 16.2. The molecule has 3 rings (SSSR count). The van der Waals surface area contributed by atoms with Crippen molar-refractivity contribution in [1.29, 1.82) is 0 Å². The average Bonchev–Trinajstić information content (AvgIpc) is 3.59. The molecule has 1 aliphatic heterocycles. The van der Waals surface area contributed by atoms with Crippen LogP contribution in [-0.2, 0) is 38.1 Å². The van der Waals surface area contributed by atoms with Crippen molar-refractivity contribution in [2.45, 2.75) is 65.6 Å². The summed E-state index contributed by atoms with van der Waals surface area (Å²) in [5.74, 6) is -1.13. The summed E-state index contributed by atoms with van der Waals surface area (Å²) in [6.45, 7) is 8.87. The molecule has 3 N–H and O–H groups in total. The summed E-state index contributed by atoms with van der Waals surface area (Å²) in [4.78, 5) is 76.4. The van der Waals surface area contributed by atoms with Gasteiger partial charge in [0, 0.05) is 24.0 Å². The maximum atomic E-state index is 14.6. The molecule has 2 amide bonds. The first-order chi connectivity index (χ1) is 23.4. The van der Waals surface area contributed by atoms with Crippen molar-refractivity contribution in [3.8, 4) is 10.6 Å². The number of carbonyl (C=O) groups is 4. The van der Waals surface area contributed by atoms with Crippen molar-refractivity contribution in [1.82, 2.24) is 30.4 Å². The van der Waals surface area contributed by atoms with Crippen molar-refractivity contribution in [3.05, 3.63) is 47.1 Å². The largest absolute Gasteiger partial charge is 0.465 e. The zero-order chi connectivity index (χ0) is 36.0. The lowest BCUT2D eigenvalue weighted by atomic mass is 10.2. The van der Waals surface area contributed by atoms with Crippen LogP contribution in [0.5, 0.6) is 0 Å². The number of ether oxygens (including phenoxy) is 2. The van der Waals surface area contributed by atoms with Crippen LogP contribution in [0.2, 0.25) is 0 Å². The molecule has 268 valence electrons. The SMILES string of the molecule is CCCCON1CCN(C(=O)[C@H](CP(=O)(N[C@@H](C)C(=O)OCC)N[C@@H](C)C(=O)OCC)NC(=O)c2csc(-c3ccccc3)n2)C(=C=O)C1. The fourth-order valence-corrected chi connectivity index (χ4v) is 8.13. The molecule has 0 spiro atoms. The fraction of sp³-hybridized carbons (Fsp3) is 0.531. The molecule has 1 aliphatic rings. The molecule has 0 unspecified atom stereocenters. The van der Waals surface area contributed by atoms with E-state index in [4.69, 9.17) is 14.3 Å². The van der Waals surface area contributed by atoms with Gasteiger partial charge in [-0.05, 0) is 34.1 Å². The van der Waals surface area contributed by atoms with E-state index in [0.29, 0.717) is 11.6 Å². The van der Waals surface area contributed by atoms with E-state index in [1.54, 1.807) is 24.9 Å². The van der Waals surface area contributed by atoms with Gasteiger partial charge in [0.25, 0.3) is 11.8 Å². The number of rotatable bonds is 18. The van der Waals surface area contributed by atoms with Crippen LogP contribution >= 0.6 is 18.8 Å². The molecular formula is C32H45N6O9PS. The maximum Gasteiger partial charge on any atom is 0.323 e. The summed E-state index contributed by atoms with van der Waals surface area (Å²) in [5.41, 5.74) is 0.762. The first-order valence-corrected chi connectivity index (χ1v) is 18.9. The molecule has 0 saturated carbocycles. The predicted octanol–water partition coefficient (Wildman–Crippen LogP) is 2.78. The van der Waals surface area contributed by atoms with Crippen molar-refractivity contribution in [2.24, 2.45) is 0 Å². The van der Waals surface area contributed by atoms with Crippen LogP contribution in [0.15, 0.2) is 41.4 Å². The van der Waals surface area contributed by atoms with Crippen LogP contribution in [0.3, 0.4) is 0 Å². The second-order valence-electron chi connectivity index (χ2n) is 11.1. The molecule has 17 heteroatoms. The normalized spacial score (nSPS) is 15.5. The van der Waals surface area contributed by atoms with E-state index in [1.807, 2.05) is 37.3 Å². The Bertz CT molecular complexity index is 1500. The van der Waals surface area contributed by atoms with Crippen LogP contribution < -0.4 is 15.5 Å². The Morgan fingerprint density at radius 1 is 1.00 bits per heavy atom. The Morgan fingerprint density at radius 3 is 2.20 bits per heavy atom. The van der Waals surface area contributed by atoms with Gasteiger partial charge in [-0.3, -0.25) is 28.6 Å². The minimum Gasteiger partial charge on any atom is -0.465 e. The van der Waals surface area contributed by atoms with Gasteiger partial charge in [-0.15, -0.1) is 11.3 Å². The molecule has 1 aromatic heterocycles. The van der Waals surface area contributed by atoms with Crippen molar-refractivity contribution >= 4 is 48.5 Å². The van der Waals surface area contributed by atoms with E-state index >= 15 is 0 Å². The number of benzene rings is 1.